The maximum Gasteiger partial charge on any atom is 0.137 e. The molecule has 0 fully saturated rings. The second-order valence-corrected chi connectivity index (χ2v) is 24.5. The maximum atomic E-state index is 5.13. The molecule has 6 heterocycles. The van der Waals surface area contributed by atoms with Crippen molar-refractivity contribution in [2.45, 2.75) is 0 Å². The third-order valence-electron chi connectivity index (χ3n) is 17.2. The van der Waals surface area contributed by atoms with E-state index in [-0.39, 0.29) is 0 Å². The minimum absolute atomic E-state index is 0.924. The lowest BCUT2D eigenvalue weighted by Gasteiger charge is -2.12. The highest BCUT2D eigenvalue weighted by atomic mass is 32.1. The third kappa shape index (κ3) is 8.88. The van der Waals surface area contributed by atoms with Crippen LogP contribution in [0.2, 0.25) is 0 Å². The second kappa shape index (κ2) is 21.5. The summed E-state index contributed by atoms with van der Waals surface area (Å²) in [6, 6.07) is 111. The summed E-state index contributed by atoms with van der Waals surface area (Å²) in [7, 11) is 0. The summed E-state index contributed by atoms with van der Waals surface area (Å²) in [5, 5.41) is 10.3. The van der Waals surface area contributed by atoms with Gasteiger partial charge in [-0.3, -0.25) is 4.57 Å². The largest absolute Gasteiger partial charge is 0.308 e. The van der Waals surface area contributed by atoms with Gasteiger partial charge in [-0.1, -0.05) is 231 Å². The van der Waals surface area contributed by atoms with Gasteiger partial charge in [0.05, 0.1) is 42.9 Å². The molecule has 6 aromatic heterocycles. The number of benzene rings is 12. The molecular formula is C82H52N4S2. The van der Waals surface area contributed by atoms with E-state index in [1.54, 1.807) is 0 Å². The van der Waals surface area contributed by atoms with Gasteiger partial charge in [-0.25, -0.2) is 9.97 Å². The van der Waals surface area contributed by atoms with E-state index in [4.69, 9.17) is 9.97 Å². The van der Waals surface area contributed by atoms with E-state index in [1.165, 1.54) is 112 Å². The first-order chi connectivity index (χ1) is 43.6. The Kier molecular flexibility index (Phi) is 12.6. The monoisotopic (exact) mass is 1160 g/mol. The zero-order valence-corrected chi connectivity index (χ0v) is 49.3. The Bertz CT molecular complexity index is 5180. The number of fused-ring (bicyclic) bond motifs is 14. The molecule has 0 atom stereocenters. The normalized spacial score (nSPS) is 11.6. The number of thiophene rings is 2. The number of para-hydroxylation sites is 2. The summed E-state index contributed by atoms with van der Waals surface area (Å²) in [6.07, 6.45) is 2.03. The molecule has 0 aliphatic heterocycles. The molecular weight excluding hydrogens is 1110 g/mol. The topological polar surface area (TPSA) is 35.6 Å². The molecule has 12 aromatic carbocycles. The molecule has 4 nitrogen and oxygen atoms in total. The van der Waals surface area contributed by atoms with E-state index in [0.717, 1.165) is 50.7 Å². The first kappa shape index (κ1) is 51.4. The van der Waals surface area contributed by atoms with Gasteiger partial charge in [0.2, 0.25) is 0 Å². The number of hydrogen-bond acceptors (Lipinski definition) is 4. The zero-order valence-electron chi connectivity index (χ0n) is 47.6. The van der Waals surface area contributed by atoms with Crippen molar-refractivity contribution in [2.24, 2.45) is 0 Å². The van der Waals surface area contributed by atoms with Gasteiger partial charge < -0.3 is 4.57 Å². The van der Waals surface area contributed by atoms with Crippen molar-refractivity contribution in [3.8, 4) is 78.5 Å². The van der Waals surface area contributed by atoms with Crippen molar-refractivity contribution in [2.75, 3.05) is 0 Å². The summed E-state index contributed by atoms with van der Waals surface area (Å²) >= 11 is 3.75. The molecule has 88 heavy (non-hydrogen) atoms. The van der Waals surface area contributed by atoms with Crippen LogP contribution in [-0.2, 0) is 0 Å². The highest BCUT2D eigenvalue weighted by Crippen LogP contribution is 2.45. The van der Waals surface area contributed by atoms with Crippen LogP contribution in [0.3, 0.4) is 0 Å². The fourth-order valence-electron chi connectivity index (χ4n) is 13.1. The summed E-state index contributed by atoms with van der Waals surface area (Å²) < 4.78 is 10.1. The Labute approximate surface area is 516 Å². The molecule has 18 aromatic rings. The number of hydrogen-bond donors (Lipinski definition) is 0. The Morgan fingerprint density at radius 2 is 0.625 bits per heavy atom. The molecule has 0 N–H and O–H groups in total. The molecule has 0 aliphatic carbocycles. The number of aromatic nitrogens is 4. The molecule has 0 amide bonds. The van der Waals surface area contributed by atoms with E-state index in [1.807, 2.05) is 41.0 Å². The average molecular weight is 1160 g/mol. The van der Waals surface area contributed by atoms with Crippen LogP contribution in [0, 0.1) is 0 Å². The number of nitrogens with zero attached hydrogens (tertiary/aromatic N) is 4. The highest BCUT2D eigenvalue weighted by Gasteiger charge is 2.21. The van der Waals surface area contributed by atoms with E-state index < -0.39 is 0 Å². The molecule has 0 bridgehead atoms. The van der Waals surface area contributed by atoms with Crippen molar-refractivity contribution in [3.63, 3.8) is 0 Å². The quantitative estimate of drug-likeness (QED) is 0.152. The first-order valence-electron chi connectivity index (χ1n) is 29.8. The van der Waals surface area contributed by atoms with Gasteiger partial charge in [-0.05, 0) is 118 Å². The Balaban J connectivity index is 0.000000137. The molecule has 0 unspecified atom stereocenters. The fourth-order valence-corrected chi connectivity index (χ4v) is 15.5. The van der Waals surface area contributed by atoms with Gasteiger partial charge >= 0.3 is 0 Å². The standard InChI is InChI=1S/2C41H26N2S/c1-3-11-27(12-4-1)30-23-31(28-13-5-2-6-14-28)25-32(24-30)29-19-22-39(42-26-29)43-37-17-9-7-15-33(37)35-20-21-36-34-16-8-10-18-38(34)44-41(36)40(35)43;1-3-11-28(12-4-1)36-25-30(26-37(42-36)29-13-5-2-6-14-29)27-19-21-31(22-20-27)43-38-17-9-7-15-32(38)34-23-24-35-33-16-8-10-18-39(33)44-41(35)40(34)43/h2*1-26H. The smallest absolute Gasteiger partial charge is 0.137 e. The fraction of sp³-hybridized carbons (Fsp3) is 0. The first-order valence-corrected chi connectivity index (χ1v) is 31.4. The van der Waals surface area contributed by atoms with Crippen LogP contribution in [0.25, 0.3) is 162 Å². The van der Waals surface area contributed by atoms with Crippen LogP contribution in [-0.4, -0.2) is 19.1 Å². The third-order valence-corrected chi connectivity index (χ3v) is 19.6. The predicted molar refractivity (Wildman–Crippen MR) is 376 cm³/mol. The van der Waals surface area contributed by atoms with Crippen molar-refractivity contribution in [3.05, 3.63) is 316 Å². The van der Waals surface area contributed by atoms with E-state index >= 15 is 0 Å². The summed E-state index contributed by atoms with van der Waals surface area (Å²) in [4.78, 5) is 10.2. The summed E-state index contributed by atoms with van der Waals surface area (Å²) in [6.45, 7) is 0. The van der Waals surface area contributed by atoms with E-state index in [9.17, 15) is 0 Å². The lowest BCUT2D eigenvalue weighted by molar-refractivity contribution is 1.09. The minimum atomic E-state index is 0.924. The van der Waals surface area contributed by atoms with Crippen LogP contribution in [0.1, 0.15) is 0 Å². The van der Waals surface area contributed by atoms with E-state index in [0.29, 0.717) is 0 Å². The van der Waals surface area contributed by atoms with Crippen LogP contribution < -0.4 is 0 Å². The van der Waals surface area contributed by atoms with Gasteiger partial charge in [0.15, 0.2) is 0 Å². The molecule has 0 aliphatic rings. The van der Waals surface area contributed by atoms with Gasteiger partial charge in [0.1, 0.15) is 5.82 Å². The molecule has 0 saturated heterocycles. The predicted octanol–water partition coefficient (Wildman–Crippen LogP) is 23.1. The number of pyridine rings is 2. The second-order valence-electron chi connectivity index (χ2n) is 22.4. The van der Waals surface area contributed by atoms with Crippen molar-refractivity contribution in [1.82, 2.24) is 19.1 Å². The summed E-state index contributed by atoms with van der Waals surface area (Å²) in [5.74, 6) is 0.924. The molecule has 18 rings (SSSR count). The lowest BCUT2D eigenvalue weighted by Crippen LogP contribution is -1.97. The summed E-state index contributed by atoms with van der Waals surface area (Å²) in [5.41, 5.74) is 19.6. The van der Waals surface area contributed by atoms with Crippen molar-refractivity contribution < 1.29 is 0 Å². The molecule has 412 valence electrons. The Hall–Kier alpha value is -11.0. The average Bonchev–Trinajstić information content (AvgIpc) is 3.26. The molecule has 6 heteroatoms. The van der Waals surface area contributed by atoms with Crippen molar-refractivity contribution in [1.29, 1.82) is 0 Å². The van der Waals surface area contributed by atoms with Crippen LogP contribution >= 0.6 is 22.7 Å². The van der Waals surface area contributed by atoms with Crippen molar-refractivity contribution >= 4 is 107 Å². The van der Waals surface area contributed by atoms with Gasteiger partial charge in [0, 0.05) is 81.1 Å². The highest BCUT2D eigenvalue weighted by molar-refractivity contribution is 7.27. The Morgan fingerprint density at radius 1 is 0.250 bits per heavy atom. The number of rotatable bonds is 8. The van der Waals surface area contributed by atoms with Crippen LogP contribution in [0.5, 0.6) is 0 Å². The zero-order chi connectivity index (χ0) is 58.1. The van der Waals surface area contributed by atoms with Crippen LogP contribution in [0.4, 0.5) is 0 Å². The Morgan fingerprint density at radius 3 is 1.11 bits per heavy atom. The molecule has 0 saturated carbocycles. The lowest BCUT2D eigenvalue weighted by atomic mass is 9.94. The molecule has 0 radical (unpaired) electrons. The minimum Gasteiger partial charge on any atom is -0.308 e. The van der Waals surface area contributed by atoms with Gasteiger partial charge in [-0.2, -0.15) is 0 Å². The van der Waals surface area contributed by atoms with Gasteiger partial charge in [0.25, 0.3) is 0 Å². The van der Waals surface area contributed by atoms with Crippen LogP contribution in [0.15, 0.2) is 316 Å². The van der Waals surface area contributed by atoms with Gasteiger partial charge in [-0.15, -0.1) is 22.7 Å². The SMILES string of the molecule is c1ccc(-c2cc(-c3ccc(-n4c5ccccc5c5ccc6c7ccccc7sc6c54)cc3)cc(-c3ccccc3)n2)cc1.c1ccc(-c2cc(-c3ccccc3)cc(-c3ccc(-n4c5ccccc5c5ccc6c7ccccc7sc6c54)nc3)c2)cc1. The molecule has 0 spiro atoms. The van der Waals surface area contributed by atoms with E-state index in [2.05, 4.69) is 306 Å². The maximum absolute atomic E-state index is 5.13.